The molecule has 0 spiro atoms. The molecule has 3 N–H and O–H groups in total. The van der Waals surface area contributed by atoms with Gasteiger partial charge in [0.05, 0.1) is 17.3 Å². The Kier molecular flexibility index (Phi) is 6.37. The number of nitrogens with zero attached hydrogens (tertiary/aromatic N) is 2. The summed E-state index contributed by atoms with van der Waals surface area (Å²) in [6.45, 7) is 7.29. The number of carbonyl (C=O) groups excluding carboxylic acids is 1. The molecule has 2 aromatic heterocycles. The molecule has 0 aromatic carbocycles. The summed E-state index contributed by atoms with van der Waals surface area (Å²) in [5.41, 5.74) is 3.64. The number of rotatable bonds is 6. The topological polar surface area (TPSA) is 83.3 Å². The van der Waals surface area contributed by atoms with Crippen LogP contribution in [0, 0.1) is 5.41 Å². The van der Waals surface area contributed by atoms with Crippen LogP contribution in [0.1, 0.15) is 62.0 Å². The van der Waals surface area contributed by atoms with Crippen LogP contribution in [0.5, 0.6) is 0 Å². The van der Waals surface area contributed by atoms with Crippen molar-refractivity contribution >= 4 is 28.9 Å². The fourth-order valence-electron chi connectivity index (χ4n) is 3.63. The minimum Gasteiger partial charge on any atom is -0.300 e. The molecule has 0 bridgehead atoms. The van der Waals surface area contributed by atoms with Crippen LogP contribution in [-0.2, 0) is 0 Å². The summed E-state index contributed by atoms with van der Waals surface area (Å²) in [7, 11) is 0. The molecule has 28 heavy (non-hydrogen) atoms. The number of nitrogens with two attached hydrogens (primary N) is 1. The molecule has 1 aliphatic carbocycles. The first-order chi connectivity index (χ1) is 13.4. The second-order valence-electron chi connectivity index (χ2n) is 7.46. The lowest BCUT2D eigenvalue weighted by atomic mass is 9.92. The van der Waals surface area contributed by atoms with Gasteiger partial charge in [0.15, 0.2) is 5.78 Å². The number of hydrogen-bond acceptors (Lipinski definition) is 4. The van der Waals surface area contributed by atoms with E-state index in [1.165, 1.54) is 26.2 Å². The van der Waals surface area contributed by atoms with Crippen molar-refractivity contribution in [2.45, 2.75) is 52.0 Å². The third-order valence-electron chi connectivity index (χ3n) is 5.17. The number of hydrogen-bond donors (Lipinski definition) is 2. The van der Waals surface area contributed by atoms with Gasteiger partial charge in [-0.25, -0.2) is 4.98 Å². The predicted octanol–water partition coefficient (Wildman–Crippen LogP) is 4.47. The number of Topliss-reactive ketones (excluding diaryl/α,β-unsaturated/α-hetero) is 1. The zero-order valence-corrected chi connectivity index (χ0v) is 17.1. The Morgan fingerprint density at radius 1 is 1.25 bits per heavy atom. The van der Waals surface area contributed by atoms with Crippen molar-refractivity contribution in [1.29, 1.82) is 5.41 Å². The normalized spacial score (nSPS) is 14.7. The molecule has 1 fully saturated rings. The smallest absolute Gasteiger partial charge is 0.235 e. The van der Waals surface area contributed by atoms with Crippen molar-refractivity contribution in [3.63, 3.8) is 0 Å². The van der Waals surface area contributed by atoms with Gasteiger partial charge in [0.25, 0.3) is 0 Å². The van der Waals surface area contributed by atoms with Crippen LogP contribution < -0.4 is 5.32 Å². The van der Waals surface area contributed by atoms with Crippen LogP contribution in [0.2, 0.25) is 5.15 Å². The summed E-state index contributed by atoms with van der Waals surface area (Å²) >= 11 is 5.95. The second kappa shape index (κ2) is 8.76. The number of carbonyl (C=O) groups is 1. The standard InChI is InChI=1S/C22H25ClN4O/c1-13(2)21(24)20-17(15-9-10-19(23)25-12-15)11-18(14(3)28)27-22(20)26-16-7-5-4-6-8-16/h9-12,16,24H,1,4-8H2,2-3H3,(H,26,27)/p+1. The fraction of sp³-hybridized carbons (Fsp3) is 0.364. The van der Waals surface area contributed by atoms with Crippen LogP contribution in [0.15, 0.2) is 36.5 Å². The van der Waals surface area contributed by atoms with Gasteiger partial charge in [0, 0.05) is 24.2 Å². The first-order valence-electron chi connectivity index (χ1n) is 9.64. The van der Waals surface area contributed by atoms with Crippen molar-refractivity contribution in [1.82, 2.24) is 9.97 Å². The molecule has 1 aliphatic rings. The number of halogens is 1. The van der Waals surface area contributed by atoms with Crippen LogP contribution in [0.25, 0.3) is 11.1 Å². The average molecular weight is 398 g/mol. The molecule has 0 radical (unpaired) electrons. The van der Waals surface area contributed by atoms with Crippen LogP contribution in [0.3, 0.4) is 0 Å². The first kappa shape index (κ1) is 20.4. The van der Waals surface area contributed by atoms with E-state index in [0.29, 0.717) is 39.6 Å². The maximum absolute atomic E-state index is 12.2. The zero-order chi connectivity index (χ0) is 20.3. The van der Waals surface area contributed by atoms with Crippen LogP contribution in [0.4, 0.5) is 5.82 Å². The molecular weight excluding hydrogens is 372 g/mol. The lowest BCUT2D eigenvalue weighted by Gasteiger charge is -2.22. The van der Waals surface area contributed by atoms with Crippen molar-refractivity contribution < 1.29 is 10.1 Å². The highest BCUT2D eigenvalue weighted by molar-refractivity contribution is 6.29. The minimum absolute atomic E-state index is 0.102. The molecule has 0 saturated heterocycles. The number of allylic oxidation sites excluding steroid dienone is 1. The zero-order valence-electron chi connectivity index (χ0n) is 16.4. The monoisotopic (exact) mass is 397 g/mol. The molecule has 2 heterocycles. The third kappa shape index (κ3) is 4.54. The molecule has 0 aliphatic heterocycles. The molecule has 0 unspecified atom stereocenters. The van der Waals surface area contributed by atoms with E-state index in [4.69, 9.17) is 17.0 Å². The van der Waals surface area contributed by atoms with Crippen LogP contribution in [-0.4, -0.2) is 27.5 Å². The Morgan fingerprint density at radius 2 is 1.96 bits per heavy atom. The van der Waals surface area contributed by atoms with E-state index >= 15 is 0 Å². The SMILES string of the molecule is C=C(C)C(=N)c1c(-c2ccc(Cl)nc2)cc(C(C)=O)nc1[NH2+]C1CCCCC1. The number of ketones is 1. The largest absolute Gasteiger partial charge is 0.300 e. The van der Waals surface area contributed by atoms with Gasteiger partial charge in [0.2, 0.25) is 5.82 Å². The fourth-order valence-corrected chi connectivity index (χ4v) is 3.74. The van der Waals surface area contributed by atoms with Gasteiger partial charge in [0.1, 0.15) is 10.8 Å². The number of pyridine rings is 2. The van der Waals surface area contributed by atoms with Gasteiger partial charge in [-0.3, -0.25) is 15.5 Å². The lowest BCUT2D eigenvalue weighted by Crippen LogP contribution is -2.85. The molecular formula is C22H26ClN4O+. The quantitative estimate of drug-likeness (QED) is 0.428. The molecule has 1 saturated carbocycles. The summed E-state index contributed by atoms with van der Waals surface area (Å²) in [6, 6.07) is 5.73. The Morgan fingerprint density at radius 3 is 2.54 bits per heavy atom. The molecule has 3 rings (SSSR count). The number of quaternary nitrogens is 1. The maximum Gasteiger partial charge on any atom is 0.235 e. The van der Waals surface area contributed by atoms with Crippen LogP contribution >= 0.6 is 11.6 Å². The van der Waals surface area contributed by atoms with E-state index < -0.39 is 0 Å². The van der Waals surface area contributed by atoms with E-state index in [9.17, 15) is 4.79 Å². The average Bonchev–Trinajstić information content (AvgIpc) is 2.68. The molecule has 146 valence electrons. The van der Waals surface area contributed by atoms with E-state index in [2.05, 4.69) is 21.9 Å². The van der Waals surface area contributed by atoms with Gasteiger partial charge < -0.3 is 0 Å². The molecule has 5 nitrogen and oxygen atoms in total. The number of nitrogens with one attached hydrogen (secondary N) is 1. The first-order valence-corrected chi connectivity index (χ1v) is 10.0. The Labute approximate surface area is 170 Å². The highest BCUT2D eigenvalue weighted by Gasteiger charge is 2.26. The summed E-state index contributed by atoms with van der Waals surface area (Å²) in [6.07, 6.45) is 7.57. The van der Waals surface area contributed by atoms with Crippen molar-refractivity contribution in [3.8, 4) is 11.1 Å². The van der Waals surface area contributed by atoms with Gasteiger partial charge in [-0.15, -0.1) is 0 Å². The van der Waals surface area contributed by atoms with Crippen molar-refractivity contribution in [2.75, 3.05) is 0 Å². The Hall–Kier alpha value is -2.37. The van der Waals surface area contributed by atoms with Crippen molar-refractivity contribution in [3.05, 3.63) is 53.0 Å². The van der Waals surface area contributed by atoms with E-state index in [-0.39, 0.29) is 5.78 Å². The van der Waals surface area contributed by atoms with Crippen molar-refractivity contribution in [2.24, 2.45) is 0 Å². The predicted molar refractivity (Wildman–Crippen MR) is 113 cm³/mol. The van der Waals surface area contributed by atoms with Gasteiger partial charge >= 0.3 is 0 Å². The maximum atomic E-state index is 12.2. The van der Waals surface area contributed by atoms with E-state index in [1.54, 1.807) is 18.3 Å². The summed E-state index contributed by atoms with van der Waals surface area (Å²) in [5.74, 6) is 0.590. The van der Waals surface area contributed by atoms with Gasteiger partial charge in [-0.1, -0.05) is 24.6 Å². The van der Waals surface area contributed by atoms with Gasteiger partial charge in [-0.2, -0.15) is 4.98 Å². The summed E-state index contributed by atoms with van der Waals surface area (Å²) in [5, 5.41) is 11.2. The Balaban J connectivity index is 2.19. The van der Waals surface area contributed by atoms with E-state index in [1.807, 2.05) is 13.0 Å². The van der Waals surface area contributed by atoms with E-state index in [0.717, 1.165) is 24.0 Å². The lowest BCUT2D eigenvalue weighted by molar-refractivity contribution is -0.617. The molecule has 6 heteroatoms. The Bertz CT molecular complexity index is 915. The second-order valence-corrected chi connectivity index (χ2v) is 7.85. The number of aromatic nitrogens is 2. The molecule has 2 aromatic rings. The minimum atomic E-state index is -0.102. The highest BCUT2D eigenvalue weighted by Crippen LogP contribution is 2.30. The summed E-state index contributed by atoms with van der Waals surface area (Å²) in [4.78, 5) is 21.0. The molecule has 0 atom stereocenters. The highest BCUT2D eigenvalue weighted by atomic mass is 35.5. The van der Waals surface area contributed by atoms with Gasteiger partial charge in [-0.05, 0) is 56.4 Å². The summed E-state index contributed by atoms with van der Waals surface area (Å²) < 4.78 is 0. The third-order valence-corrected chi connectivity index (χ3v) is 5.39. The molecule has 0 amide bonds.